The van der Waals surface area contributed by atoms with Crippen molar-refractivity contribution in [2.45, 2.75) is 4.90 Å². The summed E-state index contributed by atoms with van der Waals surface area (Å²) in [4.78, 5) is 38.6. The number of anilines is 4. The van der Waals surface area contributed by atoms with Gasteiger partial charge in [-0.05, 0) is 36.4 Å². The van der Waals surface area contributed by atoms with Gasteiger partial charge in [-0.1, -0.05) is 48.5 Å². The second-order valence-electron chi connectivity index (χ2n) is 8.29. The van der Waals surface area contributed by atoms with Crippen LogP contribution in [0.5, 0.6) is 0 Å². The minimum atomic E-state index is -4.84. The number of benzene rings is 4. The van der Waals surface area contributed by atoms with Gasteiger partial charge in [0.25, 0.3) is 16.0 Å². The van der Waals surface area contributed by atoms with Gasteiger partial charge in [0.1, 0.15) is 4.90 Å². The molecule has 1 amide bonds. The van der Waals surface area contributed by atoms with E-state index in [1.165, 1.54) is 12.1 Å². The molecule has 0 spiro atoms. The van der Waals surface area contributed by atoms with E-state index in [0.29, 0.717) is 16.9 Å². The van der Waals surface area contributed by atoms with Gasteiger partial charge in [-0.15, -0.1) is 0 Å². The summed E-state index contributed by atoms with van der Waals surface area (Å²) in [5, 5.41) is 5.72. The molecule has 4 aromatic carbocycles. The quantitative estimate of drug-likeness (QED) is 0.200. The van der Waals surface area contributed by atoms with Crippen LogP contribution in [0.3, 0.4) is 0 Å². The van der Waals surface area contributed by atoms with Gasteiger partial charge < -0.3 is 16.4 Å². The van der Waals surface area contributed by atoms with Crippen LogP contribution in [0.25, 0.3) is 0 Å². The van der Waals surface area contributed by atoms with Gasteiger partial charge in [0, 0.05) is 28.1 Å². The molecule has 0 radical (unpaired) electrons. The topological polar surface area (TPSA) is 156 Å². The normalized spacial score (nSPS) is 12.5. The smallest absolute Gasteiger partial charge is 0.296 e. The van der Waals surface area contributed by atoms with Gasteiger partial charge in [0.2, 0.25) is 0 Å². The molecule has 0 aliphatic heterocycles. The van der Waals surface area contributed by atoms with Crippen molar-refractivity contribution in [3.63, 3.8) is 0 Å². The number of amides is 1. The molecular weight excluding hydrogens is 494 g/mol. The van der Waals surface area contributed by atoms with Crippen molar-refractivity contribution in [3.8, 4) is 0 Å². The minimum Gasteiger partial charge on any atom is -0.397 e. The van der Waals surface area contributed by atoms with Crippen molar-refractivity contribution in [1.29, 1.82) is 0 Å². The Morgan fingerprint density at radius 1 is 0.757 bits per heavy atom. The van der Waals surface area contributed by atoms with Crippen molar-refractivity contribution >= 4 is 50.3 Å². The average Bonchev–Trinajstić information content (AvgIpc) is 2.88. The summed E-state index contributed by atoms with van der Waals surface area (Å²) in [6.07, 6.45) is 0. The fourth-order valence-corrected chi connectivity index (χ4v) is 4.88. The van der Waals surface area contributed by atoms with Crippen molar-refractivity contribution in [1.82, 2.24) is 0 Å². The Hall–Kier alpha value is -4.80. The van der Waals surface area contributed by atoms with Crippen molar-refractivity contribution in [3.05, 3.63) is 113 Å². The maximum absolute atomic E-state index is 13.4. The Morgan fingerprint density at radius 2 is 1.35 bits per heavy atom. The van der Waals surface area contributed by atoms with Crippen molar-refractivity contribution in [2.75, 3.05) is 16.4 Å². The Morgan fingerprint density at radius 3 is 2.00 bits per heavy atom. The highest BCUT2D eigenvalue weighted by Gasteiger charge is 2.36. The molecular formula is C27H19N3O6S. The highest BCUT2D eigenvalue weighted by atomic mass is 32.2. The van der Waals surface area contributed by atoms with Crippen molar-refractivity contribution < 1.29 is 27.4 Å². The third kappa shape index (κ3) is 4.35. The predicted molar refractivity (Wildman–Crippen MR) is 138 cm³/mol. The molecule has 0 bridgehead atoms. The number of nitrogens with one attached hydrogen (secondary N) is 2. The Kier molecular flexibility index (Phi) is 5.82. The largest absolute Gasteiger partial charge is 0.397 e. The summed E-state index contributed by atoms with van der Waals surface area (Å²) < 4.78 is 34.0. The highest BCUT2D eigenvalue weighted by molar-refractivity contribution is 7.86. The van der Waals surface area contributed by atoms with Gasteiger partial charge in [-0.25, -0.2) is 0 Å². The number of nitrogen functional groups attached to an aromatic ring is 1. The highest BCUT2D eigenvalue weighted by Crippen LogP contribution is 2.40. The lowest BCUT2D eigenvalue weighted by molar-refractivity contribution is 0.0980. The zero-order valence-electron chi connectivity index (χ0n) is 19.1. The Balaban J connectivity index is 1.59. The molecule has 37 heavy (non-hydrogen) atoms. The van der Waals surface area contributed by atoms with E-state index in [9.17, 15) is 27.4 Å². The molecule has 0 heterocycles. The van der Waals surface area contributed by atoms with E-state index >= 15 is 0 Å². The molecule has 9 nitrogen and oxygen atoms in total. The monoisotopic (exact) mass is 513 g/mol. The molecule has 0 saturated heterocycles. The number of hydrogen-bond donors (Lipinski definition) is 4. The molecule has 10 heteroatoms. The fraction of sp³-hybridized carbons (Fsp3) is 0. The van der Waals surface area contributed by atoms with E-state index in [2.05, 4.69) is 10.6 Å². The molecule has 0 atom stereocenters. The number of fused-ring (bicyclic) bond motifs is 2. The number of carbonyl (C=O) groups is 3. The van der Waals surface area contributed by atoms with E-state index in [-0.39, 0.29) is 33.8 Å². The summed E-state index contributed by atoms with van der Waals surface area (Å²) in [6.45, 7) is 0. The minimum absolute atomic E-state index is 0.0452. The van der Waals surface area contributed by atoms with Crippen molar-refractivity contribution in [2.24, 2.45) is 0 Å². The molecule has 5 N–H and O–H groups in total. The molecule has 0 aromatic heterocycles. The maximum atomic E-state index is 13.4. The number of ketones is 2. The number of rotatable bonds is 5. The summed E-state index contributed by atoms with van der Waals surface area (Å²) >= 11 is 0. The third-order valence-electron chi connectivity index (χ3n) is 5.91. The summed E-state index contributed by atoms with van der Waals surface area (Å²) in [5.74, 6) is -1.51. The molecule has 5 rings (SSSR count). The number of carbonyl (C=O) groups excluding carboxylic acids is 3. The molecule has 1 aliphatic carbocycles. The number of hydrogen-bond acceptors (Lipinski definition) is 7. The molecule has 0 unspecified atom stereocenters. The first-order valence-corrected chi connectivity index (χ1v) is 12.4. The van der Waals surface area contributed by atoms with Crippen LogP contribution in [0.15, 0.2) is 89.8 Å². The van der Waals surface area contributed by atoms with Crippen LogP contribution in [0.4, 0.5) is 22.7 Å². The lowest BCUT2D eigenvalue weighted by Gasteiger charge is -2.23. The van der Waals surface area contributed by atoms with Gasteiger partial charge in [0.15, 0.2) is 11.6 Å². The van der Waals surface area contributed by atoms with Crippen LogP contribution in [0, 0.1) is 0 Å². The molecule has 4 aromatic rings. The summed E-state index contributed by atoms with van der Waals surface area (Å²) in [6, 6.07) is 22.2. The van der Waals surface area contributed by atoms with E-state index in [1.807, 2.05) is 0 Å². The van der Waals surface area contributed by atoms with Gasteiger partial charge >= 0.3 is 0 Å². The second-order valence-corrected chi connectivity index (χ2v) is 9.68. The lowest BCUT2D eigenvalue weighted by atomic mass is 9.82. The van der Waals surface area contributed by atoms with E-state index in [0.717, 1.165) is 6.07 Å². The first-order chi connectivity index (χ1) is 17.6. The van der Waals surface area contributed by atoms with Crippen LogP contribution in [0.1, 0.15) is 42.2 Å². The van der Waals surface area contributed by atoms with Crippen LogP contribution in [-0.2, 0) is 10.1 Å². The molecule has 0 saturated carbocycles. The third-order valence-corrected chi connectivity index (χ3v) is 6.81. The van der Waals surface area contributed by atoms with Gasteiger partial charge in [-0.3, -0.25) is 18.9 Å². The molecule has 184 valence electrons. The maximum Gasteiger partial charge on any atom is 0.296 e. The van der Waals surface area contributed by atoms with Gasteiger partial charge in [0.05, 0.1) is 22.5 Å². The number of nitrogens with two attached hydrogens (primary N) is 1. The Bertz CT molecular complexity index is 1720. The Labute approximate surface area is 211 Å². The zero-order chi connectivity index (χ0) is 26.3. The first-order valence-electron chi connectivity index (χ1n) is 11.0. The van der Waals surface area contributed by atoms with Crippen LogP contribution >= 0.6 is 0 Å². The van der Waals surface area contributed by atoms with E-state index in [1.54, 1.807) is 66.7 Å². The zero-order valence-corrected chi connectivity index (χ0v) is 19.9. The first kappa shape index (κ1) is 23.9. The molecule has 0 fully saturated rings. The van der Waals surface area contributed by atoms with E-state index in [4.69, 9.17) is 5.73 Å². The summed E-state index contributed by atoms with van der Waals surface area (Å²) in [7, 11) is -4.84. The summed E-state index contributed by atoms with van der Waals surface area (Å²) in [5.41, 5.74) is 6.49. The average molecular weight is 514 g/mol. The van der Waals surface area contributed by atoms with Crippen LogP contribution < -0.4 is 16.4 Å². The second kappa shape index (κ2) is 9.01. The standard InChI is InChI=1S/C27H19N3O6S/c28-24-21(37(34,35)36)14-20(22-23(24)26(32)19-12-5-4-11-18(19)25(22)31)29-16-9-6-10-17(13-16)30-27(33)15-7-2-1-3-8-15/h1-14,29H,28H2,(H,30,33)(H,34,35,36). The lowest BCUT2D eigenvalue weighted by Crippen LogP contribution is -2.25. The van der Waals surface area contributed by atoms with E-state index < -0.39 is 32.3 Å². The molecule has 1 aliphatic rings. The fourth-order valence-electron chi connectivity index (χ4n) is 4.23. The SMILES string of the molecule is Nc1c(S(=O)(=O)O)cc(Nc2cccc(NC(=O)c3ccccc3)c2)c2c1C(=O)c1ccccc1C2=O. The predicted octanol–water partition coefficient (Wildman–Crippen LogP) is 4.29. The van der Waals surface area contributed by atoms with Gasteiger partial charge in [-0.2, -0.15) is 8.42 Å². The van der Waals surface area contributed by atoms with Crippen LogP contribution in [-0.4, -0.2) is 30.4 Å². The van der Waals surface area contributed by atoms with Crippen LogP contribution in [0.2, 0.25) is 0 Å².